The second-order valence-corrected chi connectivity index (χ2v) is 3.07. The summed E-state index contributed by atoms with van der Waals surface area (Å²) in [6.07, 6.45) is -2.69. The second kappa shape index (κ2) is 4.80. The molecule has 0 amide bonds. The van der Waals surface area contributed by atoms with Gasteiger partial charge in [0.2, 0.25) is 0 Å². The SMILES string of the molecule is N#Cc1cnc(C(=O)Cl)c(C(F)F)c1[N+](=O)[O-]. The summed E-state index contributed by atoms with van der Waals surface area (Å²) in [5, 5.41) is 17.8. The highest BCUT2D eigenvalue weighted by atomic mass is 35.5. The fourth-order valence-corrected chi connectivity index (χ4v) is 1.31. The van der Waals surface area contributed by atoms with Crippen LogP contribution in [-0.4, -0.2) is 15.1 Å². The molecule has 0 spiro atoms. The lowest BCUT2D eigenvalue weighted by atomic mass is 10.1. The maximum absolute atomic E-state index is 12.7. The largest absolute Gasteiger partial charge is 0.299 e. The third-order valence-electron chi connectivity index (χ3n) is 1.80. The summed E-state index contributed by atoms with van der Waals surface area (Å²) in [6, 6.07) is 1.35. The number of aromatic nitrogens is 1. The molecule has 88 valence electrons. The lowest BCUT2D eigenvalue weighted by Crippen LogP contribution is -2.08. The molecule has 6 nitrogen and oxygen atoms in total. The predicted octanol–water partition coefficient (Wildman–Crippen LogP) is 2.18. The Balaban J connectivity index is 3.73. The zero-order valence-electron chi connectivity index (χ0n) is 7.85. The monoisotopic (exact) mass is 261 g/mol. The summed E-state index contributed by atoms with van der Waals surface area (Å²) in [5.74, 6) is 0. The Kier molecular flexibility index (Phi) is 3.65. The van der Waals surface area contributed by atoms with Gasteiger partial charge in [0.15, 0.2) is 0 Å². The highest BCUT2D eigenvalue weighted by Crippen LogP contribution is 2.34. The van der Waals surface area contributed by atoms with E-state index in [1.165, 1.54) is 6.07 Å². The van der Waals surface area contributed by atoms with Crippen LogP contribution in [0.15, 0.2) is 6.20 Å². The van der Waals surface area contributed by atoms with Crippen LogP contribution in [0.25, 0.3) is 0 Å². The number of halogens is 3. The number of nitriles is 1. The van der Waals surface area contributed by atoms with Crippen molar-refractivity contribution in [1.82, 2.24) is 4.98 Å². The molecule has 0 aliphatic rings. The number of rotatable bonds is 3. The van der Waals surface area contributed by atoms with Gasteiger partial charge in [-0.15, -0.1) is 0 Å². The molecule has 0 aromatic carbocycles. The number of nitrogens with zero attached hydrogens (tertiary/aromatic N) is 3. The average molecular weight is 262 g/mol. The molecule has 0 bridgehead atoms. The predicted molar refractivity (Wildman–Crippen MR) is 50.7 cm³/mol. The molecule has 0 saturated carbocycles. The van der Waals surface area contributed by atoms with Crippen molar-refractivity contribution in [2.24, 2.45) is 0 Å². The van der Waals surface area contributed by atoms with Gasteiger partial charge in [-0.1, -0.05) is 0 Å². The molecule has 17 heavy (non-hydrogen) atoms. The molecule has 1 aromatic rings. The maximum Gasteiger partial charge on any atom is 0.299 e. The lowest BCUT2D eigenvalue weighted by Gasteiger charge is -2.05. The Labute approximate surface area is 97.6 Å². The molecule has 0 unspecified atom stereocenters. The van der Waals surface area contributed by atoms with Gasteiger partial charge in [-0.2, -0.15) is 5.26 Å². The van der Waals surface area contributed by atoms with Crippen molar-refractivity contribution in [2.75, 3.05) is 0 Å². The van der Waals surface area contributed by atoms with Gasteiger partial charge < -0.3 is 0 Å². The summed E-state index contributed by atoms with van der Waals surface area (Å²) in [6.45, 7) is 0. The van der Waals surface area contributed by atoms with E-state index in [2.05, 4.69) is 4.98 Å². The Hall–Kier alpha value is -2.14. The first-order valence-electron chi connectivity index (χ1n) is 3.95. The molecule has 9 heteroatoms. The van der Waals surface area contributed by atoms with Gasteiger partial charge >= 0.3 is 0 Å². The fourth-order valence-electron chi connectivity index (χ4n) is 1.16. The summed E-state index contributed by atoms with van der Waals surface area (Å²) < 4.78 is 25.3. The van der Waals surface area contributed by atoms with Crippen LogP contribution in [0.5, 0.6) is 0 Å². The van der Waals surface area contributed by atoms with E-state index in [0.717, 1.165) is 0 Å². The van der Waals surface area contributed by atoms with Crippen molar-refractivity contribution in [3.8, 4) is 6.07 Å². The van der Waals surface area contributed by atoms with E-state index in [1.54, 1.807) is 0 Å². The van der Waals surface area contributed by atoms with Gasteiger partial charge in [0.05, 0.1) is 11.1 Å². The molecule has 0 radical (unpaired) electrons. The minimum Gasteiger partial charge on any atom is -0.274 e. The number of nitro groups is 1. The third kappa shape index (κ3) is 2.34. The fraction of sp³-hybridized carbons (Fsp3) is 0.125. The van der Waals surface area contributed by atoms with Crippen LogP contribution in [0.2, 0.25) is 0 Å². The van der Waals surface area contributed by atoms with E-state index in [-0.39, 0.29) is 0 Å². The molecule has 0 aliphatic carbocycles. The van der Waals surface area contributed by atoms with Gasteiger partial charge in [-0.05, 0) is 11.6 Å². The smallest absolute Gasteiger partial charge is 0.274 e. The van der Waals surface area contributed by atoms with Crippen molar-refractivity contribution < 1.29 is 18.5 Å². The Bertz CT molecular complexity index is 542. The van der Waals surface area contributed by atoms with E-state index in [0.29, 0.717) is 6.20 Å². The van der Waals surface area contributed by atoms with Crippen LogP contribution in [0.4, 0.5) is 14.5 Å². The van der Waals surface area contributed by atoms with E-state index in [1.807, 2.05) is 0 Å². The van der Waals surface area contributed by atoms with Crippen molar-refractivity contribution in [2.45, 2.75) is 6.43 Å². The molecule has 1 heterocycles. The van der Waals surface area contributed by atoms with E-state index in [9.17, 15) is 23.7 Å². The third-order valence-corrected chi connectivity index (χ3v) is 1.97. The molecular weight excluding hydrogens is 260 g/mol. The molecule has 0 atom stereocenters. The van der Waals surface area contributed by atoms with E-state index in [4.69, 9.17) is 16.9 Å². The van der Waals surface area contributed by atoms with Crippen molar-refractivity contribution >= 4 is 22.5 Å². The number of carbonyl (C=O) groups is 1. The highest BCUT2D eigenvalue weighted by molar-refractivity contribution is 6.67. The molecule has 1 rings (SSSR count). The van der Waals surface area contributed by atoms with Crippen LogP contribution in [0.1, 0.15) is 28.0 Å². The summed E-state index contributed by atoms with van der Waals surface area (Å²) in [5.41, 5.74) is -3.98. The lowest BCUT2D eigenvalue weighted by molar-refractivity contribution is -0.386. The van der Waals surface area contributed by atoms with Gasteiger partial charge in [-0.3, -0.25) is 14.9 Å². The number of carbonyl (C=O) groups excluding carboxylic acids is 1. The minimum atomic E-state index is -3.34. The Morgan fingerprint density at radius 3 is 2.59 bits per heavy atom. The van der Waals surface area contributed by atoms with Crippen molar-refractivity contribution in [1.29, 1.82) is 5.26 Å². The molecule has 1 aromatic heterocycles. The summed E-state index contributed by atoms with van der Waals surface area (Å²) >= 11 is 4.98. The highest BCUT2D eigenvalue weighted by Gasteiger charge is 2.32. The van der Waals surface area contributed by atoms with Crippen molar-refractivity contribution in [3.05, 3.63) is 33.1 Å². The van der Waals surface area contributed by atoms with Crippen LogP contribution < -0.4 is 0 Å². The number of hydrogen-bond donors (Lipinski definition) is 0. The molecule has 0 N–H and O–H groups in total. The van der Waals surface area contributed by atoms with Crippen LogP contribution in [-0.2, 0) is 0 Å². The molecule has 0 fully saturated rings. The second-order valence-electron chi connectivity index (χ2n) is 2.73. The van der Waals surface area contributed by atoms with Crippen LogP contribution in [0.3, 0.4) is 0 Å². The summed E-state index contributed by atoms with van der Waals surface area (Å²) in [4.78, 5) is 23.5. The van der Waals surface area contributed by atoms with Gasteiger partial charge in [-0.25, -0.2) is 13.8 Å². The quantitative estimate of drug-likeness (QED) is 0.472. The average Bonchev–Trinajstić information content (AvgIpc) is 2.26. The van der Waals surface area contributed by atoms with Crippen LogP contribution >= 0.6 is 11.6 Å². The number of alkyl halides is 2. The van der Waals surface area contributed by atoms with Gasteiger partial charge in [0, 0.05) is 0 Å². The zero-order chi connectivity index (χ0) is 13.2. The Morgan fingerprint density at radius 2 is 2.24 bits per heavy atom. The molecule has 0 saturated heterocycles. The number of hydrogen-bond acceptors (Lipinski definition) is 5. The normalized spacial score (nSPS) is 10.1. The first-order chi connectivity index (χ1) is 7.90. The molecular formula is C8H2ClF2N3O3. The standard InChI is InChI=1S/C8H2ClF2N3O3/c9-7(15)5-4(8(10)11)6(14(16)17)3(1-12)2-13-5/h2,8H. The topological polar surface area (TPSA) is 96.9 Å². The molecule has 0 aliphatic heterocycles. The zero-order valence-corrected chi connectivity index (χ0v) is 8.61. The Morgan fingerprint density at radius 1 is 1.65 bits per heavy atom. The van der Waals surface area contributed by atoms with E-state index < -0.39 is 39.1 Å². The summed E-state index contributed by atoms with van der Waals surface area (Å²) in [7, 11) is 0. The number of pyridine rings is 1. The minimum absolute atomic E-state index is 0.652. The van der Waals surface area contributed by atoms with Crippen molar-refractivity contribution in [3.63, 3.8) is 0 Å². The van der Waals surface area contributed by atoms with Crippen LogP contribution in [0, 0.1) is 21.4 Å². The first-order valence-corrected chi connectivity index (χ1v) is 4.33. The van der Waals surface area contributed by atoms with Gasteiger partial charge in [0.1, 0.15) is 22.9 Å². The van der Waals surface area contributed by atoms with Gasteiger partial charge in [0.25, 0.3) is 17.4 Å². The van der Waals surface area contributed by atoms with E-state index >= 15 is 0 Å². The maximum atomic E-state index is 12.7. The first kappa shape index (κ1) is 12.9.